The Morgan fingerprint density at radius 2 is 1.64 bits per heavy atom. The molecule has 0 radical (unpaired) electrons. The van der Waals surface area contributed by atoms with Crippen molar-refractivity contribution in [2.24, 2.45) is 0 Å². The Morgan fingerprint density at radius 3 is 2.14 bits per heavy atom. The van der Waals surface area contributed by atoms with Gasteiger partial charge in [-0.2, -0.15) is 0 Å². The minimum Gasteiger partial charge on any atom is -0.425 e. The number of carbonyl (C=O) groups excluding carboxylic acids is 1. The van der Waals surface area contributed by atoms with E-state index in [1.54, 1.807) is 0 Å². The standard InChI is InChI=1S/C8H5Cl3O2.Zn/c1-4(12)13-8-3-6(10)5(9)2-7(8)11;/h2-3H,1H3;. The summed E-state index contributed by atoms with van der Waals surface area (Å²) >= 11 is 17.1. The Labute approximate surface area is 109 Å². The van der Waals surface area contributed by atoms with Crippen LogP contribution in [0.2, 0.25) is 15.1 Å². The van der Waals surface area contributed by atoms with E-state index in [9.17, 15) is 4.79 Å². The third-order valence-electron chi connectivity index (χ3n) is 1.23. The molecule has 0 aliphatic heterocycles. The summed E-state index contributed by atoms with van der Waals surface area (Å²) in [6.07, 6.45) is 0. The molecule has 0 aliphatic rings. The second-order valence-corrected chi connectivity index (χ2v) is 3.51. The molecule has 0 aromatic heterocycles. The van der Waals surface area contributed by atoms with Crippen molar-refractivity contribution in [1.29, 1.82) is 0 Å². The van der Waals surface area contributed by atoms with Crippen LogP contribution in [0, 0.1) is 0 Å². The summed E-state index contributed by atoms with van der Waals surface area (Å²) in [5.74, 6) is -0.246. The fourth-order valence-corrected chi connectivity index (χ4v) is 1.31. The van der Waals surface area contributed by atoms with Crippen molar-refractivity contribution in [2.75, 3.05) is 0 Å². The predicted molar refractivity (Wildman–Crippen MR) is 52.8 cm³/mol. The van der Waals surface area contributed by atoms with Gasteiger partial charge in [-0.25, -0.2) is 0 Å². The summed E-state index contributed by atoms with van der Waals surface area (Å²) < 4.78 is 4.77. The second kappa shape index (κ2) is 5.92. The summed E-state index contributed by atoms with van der Waals surface area (Å²) in [6.45, 7) is 1.28. The maximum absolute atomic E-state index is 10.6. The molecule has 0 spiro atoms. The average molecular weight is 305 g/mol. The number of ether oxygens (including phenoxy) is 1. The van der Waals surface area contributed by atoms with Crippen LogP contribution in [0.25, 0.3) is 0 Å². The van der Waals surface area contributed by atoms with Gasteiger partial charge in [-0.05, 0) is 6.07 Å². The Bertz CT molecular complexity index is 355. The van der Waals surface area contributed by atoms with Crippen LogP contribution >= 0.6 is 34.8 Å². The molecule has 0 amide bonds. The Kier molecular flexibility index (Phi) is 6.00. The molecule has 0 unspecified atom stereocenters. The summed E-state index contributed by atoms with van der Waals surface area (Å²) in [5, 5.41) is 0.870. The zero-order chi connectivity index (χ0) is 10.0. The van der Waals surface area contributed by atoms with Gasteiger partial charge in [0.2, 0.25) is 0 Å². The summed E-state index contributed by atoms with van der Waals surface area (Å²) in [4.78, 5) is 10.6. The molecule has 0 saturated heterocycles. The van der Waals surface area contributed by atoms with E-state index in [1.807, 2.05) is 0 Å². The predicted octanol–water partition coefficient (Wildman–Crippen LogP) is 3.57. The van der Waals surface area contributed by atoms with Gasteiger partial charge in [0, 0.05) is 32.5 Å². The first-order chi connectivity index (χ1) is 6.00. The first kappa shape index (κ1) is 14.2. The van der Waals surface area contributed by atoms with Crippen molar-refractivity contribution in [1.82, 2.24) is 0 Å². The molecule has 0 bridgehead atoms. The number of halogens is 3. The number of benzene rings is 1. The van der Waals surface area contributed by atoms with Gasteiger partial charge >= 0.3 is 5.97 Å². The van der Waals surface area contributed by atoms with Gasteiger partial charge < -0.3 is 4.74 Å². The molecule has 0 atom stereocenters. The van der Waals surface area contributed by atoms with Gasteiger partial charge in [0.15, 0.2) is 5.75 Å². The molecular formula is C8H5Cl3O2Zn. The van der Waals surface area contributed by atoms with Crippen LogP contribution in [0.4, 0.5) is 0 Å². The van der Waals surface area contributed by atoms with Crippen molar-refractivity contribution >= 4 is 40.8 Å². The number of esters is 1. The van der Waals surface area contributed by atoms with Crippen LogP contribution in [0.15, 0.2) is 12.1 Å². The van der Waals surface area contributed by atoms with Gasteiger partial charge in [0.25, 0.3) is 0 Å². The van der Waals surface area contributed by atoms with Crippen LogP contribution in [0.5, 0.6) is 5.75 Å². The van der Waals surface area contributed by atoms with Crippen molar-refractivity contribution in [2.45, 2.75) is 6.92 Å². The normalized spacial score (nSPS) is 9.14. The maximum atomic E-state index is 10.6. The molecule has 0 aliphatic carbocycles. The Hall–Kier alpha value is 0.183. The van der Waals surface area contributed by atoms with Gasteiger partial charge in [-0.15, -0.1) is 0 Å². The quantitative estimate of drug-likeness (QED) is 0.343. The first-order valence-corrected chi connectivity index (χ1v) is 4.47. The maximum Gasteiger partial charge on any atom is 0.308 e. The third kappa shape index (κ3) is 3.74. The van der Waals surface area contributed by atoms with Crippen LogP contribution in [-0.4, -0.2) is 5.97 Å². The van der Waals surface area contributed by atoms with Crippen LogP contribution in [0.1, 0.15) is 6.92 Å². The van der Waals surface area contributed by atoms with E-state index in [0.717, 1.165) is 0 Å². The van der Waals surface area contributed by atoms with Crippen molar-refractivity contribution < 1.29 is 29.0 Å². The van der Waals surface area contributed by atoms with E-state index in [4.69, 9.17) is 39.5 Å². The van der Waals surface area contributed by atoms with E-state index in [2.05, 4.69) is 0 Å². The van der Waals surface area contributed by atoms with E-state index < -0.39 is 5.97 Å². The van der Waals surface area contributed by atoms with Crippen molar-refractivity contribution in [3.63, 3.8) is 0 Å². The molecule has 1 aromatic carbocycles. The first-order valence-electron chi connectivity index (χ1n) is 3.33. The fraction of sp³-hybridized carbons (Fsp3) is 0.125. The molecule has 14 heavy (non-hydrogen) atoms. The Balaban J connectivity index is 0.00000169. The zero-order valence-corrected chi connectivity index (χ0v) is 12.5. The van der Waals surface area contributed by atoms with Crippen LogP contribution < -0.4 is 4.74 Å². The third-order valence-corrected chi connectivity index (χ3v) is 2.25. The average Bonchev–Trinajstić information content (AvgIpc) is 1.99. The van der Waals surface area contributed by atoms with E-state index in [1.165, 1.54) is 19.1 Å². The monoisotopic (exact) mass is 302 g/mol. The Morgan fingerprint density at radius 1 is 1.14 bits per heavy atom. The van der Waals surface area contributed by atoms with Gasteiger partial charge in [0.1, 0.15) is 0 Å². The molecule has 72 valence electrons. The van der Waals surface area contributed by atoms with E-state index in [-0.39, 0.29) is 30.3 Å². The molecule has 0 N–H and O–H groups in total. The SMILES string of the molecule is CC(=O)Oc1cc(Cl)c(Cl)cc1Cl.[Zn]. The molecule has 2 nitrogen and oxygen atoms in total. The molecule has 1 rings (SSSR count). The number of hydrogen-bond donors (Lipinski definition) is 0. The fourth-order valence-electron chi connectivity index (χ4n) is 0.737. The molecule has 1 aromatic rings. The van der Waals surface area contributed by atoms with Gasteiger partial charge in [-0.1, -0.05) is 34.8 Å². The van der Waals surface area contributed by atoms with Gasteiger partial charge in [-0.3, -0.25) is 4.79 Å². The number of rotatable bonds is 1. The number of carbonyl (C=O) groups is 1. The van der Waals surface area contributed by atoms with E-state index >= 15 is 0 Å². The summed E-state index contributed by atoms with van der Waals surface area (Å²) in [6, 6.07) is 2.82. The van der Waals surface area contributed by atoms with Gasteiger partial charge in [0.05, 0.1) is 15.1 Å². The second-order valence-electron chi connectivity index (χ2n) is 2.29. The molecule has 0 fully saturated rings. The van der Waals surface area contributed by atoms with Crippen LogP contribution in [0.3, 0.4) is 0 Å². The van der Waals surface area contributed by atoms with Crippen molar-refractivity contribution in [3.8, 4) is 5.75 Å². The number of hydrogen-bond acceptors (Lipinski definition) is 2. The molecular weight excluding hydrogens is 300 g/mol. The molecule has 0 heterocycles. The molecule has 0 saturated carbocycles. The largest absolute Gasteiger partial charge is 0.425 e. The smallest absolute Gasteiger partial charge is 0.308 e. The minimum absolute atomic E-state index is 0. The molecule has 6 heteroatoms. The van der Waals surface area contributed by atoms with Crippen LogP contribution in [-0.2, 0) is 24.3 Å². The zero-order valence-electron chi connectivity index (χ0n) is 7.31. The van der Waals surface area contributed by atoms with E-state index in [0.29, 0.717) is 10.0 Å². The summed E-state index contributed by atoms with van der Waals surface area (Å²) in [7, 11) is 0. The summed E-state index contributed by atoms with van der Waals surface area (Å²) in [5.41, 5.74) is 0. The van der Waals surface area contributed by atoms with Crippen molar-refractivity contribution in [3.05, 3.63) is 27.2 Å². The minimum atomic E-state index is -0.458. The topological polar surface area (TPSA) is 26.3 Å².